The Morgan fingerprint density at radius 2 is 2.10 bits per heavy atom. The molecule has 1 heterocycles. The van der Waals surface area contributed by atoms with Crippen LogP contribution in [0.15, 0.2) is 18.2 Å². The molecule has 0 bridgehead atoms. The molecule has 7 nitrogen and oxygen atoms in total. The predicted molar refractivity (Wildman–Crippen MR) is 76.5 cm³/mol. The molecule has 0 spiro atoms. The summed E-state index contributed by atoms with van der Waals surface area (Å²) in [4.78, 5) is 24.1. The molecule has 114 valence electrons. The molecule has 1 saturated heterocycles. The molecule has 1 fully saturated rings. The number of nitrogens with zero attached hydrogens (tertiary/aromatic N) is 2. The topological polar surface area (TPSA) is 81.9 Å². The quantitative estimate of drug-likeness (QED) is 0.479. The number of nitro benzene ring substituents is 1. The van der Waals surface area contributed by atoms with Gasteiger partial charge in [-0.15, -0.1) is 0 Å². The Balaban J connectivity index is 2.24. The first-order valence-electron chi connectivity index (χ1n) is 6.63. The van der Waals surface area contributed by atoms with Gasteiger partial charge in [0.15, 0.2) is 5.75 Å². The summed E-state index contributed by atoms with van der Waals surface area (Å²) in [6.45, 7) is 3.22. The minimum atomic E-state index is -0.480. The summed E-state index contributed by atoms with van der Waals surface area (Å²) < 4.78 is 9.87. The number of rotatable bonds is 4. The highest BCUT2D eigenvalue weighted by Gasteiger charge is 2.36. The molecule has 0 saturated carbocycles. The van der Waals surface area contributed by atoms with E-state index in [1.165, 1.54) is 20.3 Å². The normalized spacial score (nSPS) is 21.2. The summed E-state index contributed by atoms with van der Waals surface area (Å²) in [5.41, 5.74) is 0.730. The van der Waals surface area contributed by atoms with Crippen molar-refractivity contribution in [1.82, 2.24) is 0 Å². The minimum absolute atomic E-state index is 0.0713. The Labute approximate surface area is 122 Å². The molecule has 2 atom stereocenters. The Morgan fingerprint density at radius 1 is 1.38 bits per heavy atom. The Morgan fingerprint density at radius 3 is 2.67 bits per heavy atom. The van der Waals surface area contributed by atoms with Gasteiger partial charge in [-0.1, -0.05) is 6.92 Å². The average molecular weight is 294 g/mol. The fourth-order valence-corrected chi connectivity index (χ4v) is 2.65. The molecule has 0 aliphatic carbocycles. The maximum atomic E-state index is 11.7. The smallest absolute Gasteiger partial charge is 0.311 e. The van der Waals surface area contributed by atoms with Crippen molar-refractivity contribution in [2.45, 2.75) is 6.92 Å². The van der Waals surface area contributed by atoms with E-state index in [2.05, 4.69) is 0 Å². The zero-order chi connectivity index (χ0) is 15.6. The Hall–Kier alpha value is -2.31. The van der Waals surface area contributed by atoms with Gasteiger partial charge in [-0.25, -0.2) is 0 Å². The fraction of sp³-hybridized carbons (Fsp3) is 0.500. The molecule has 1 aromatic rings. The molecule has 0 radical (unpaired) electrons. The van der Waals surface area contributed by atoms with Gasteiger partial charge in [0.25, 0.3) is 0 Å². The summed E-state index contributed by atoms with van der Waals surface area (Å²) in [5.74, 6) is -0.0274. The molecular weight excluding hydrogens is 276 g/mol. The van der Waals surface area contributed by atoms with E-state index < -0.39 is 4.92 Å². The molecule has 0 unspecified atom stereocenters. The van der Waals surface area contributed by atoms with Crippen LogP contribution in [-0.4, -0.2) is 38.2 Å². The highest BCUT2D eigenvalue weighted by molar-refractivity contribution is 5.75. The van der Waals surface area contributed by atoms with Gasteiger partial charge in [-0.2, -0.15) is 0 Å². The molecule has 1 aromatic carbocycles. The molecule has 7 heteroatoms. The number of benzene rings is 1. The van der Waals surface area contributed by atoms with Crippen molar-refractivity contribution in [3.63, 3.8) is 0 Å². The molecule has 0 N–H and O–H groups in total. The summed E-state index contributed by atoms with van der Waals surface area (Å²) in [6.07, 6.45) is 0. The van der Waals surface area contributed by atoms with Gasteiger partial charge >= 0.3 is 11.7 Å². The van der Waals surface area contributed by atoms with E-state index in [1.54, 1.807) is 12.1 Å². The van der Waals surface area contributed by atoms with Gasteiger partial charge in [0.2, 0.25) is 0 Å². The van der Waals surface area contributed by atoms with Crippen LogP contribution < -0.4 is 9.64 Å². The highest BCUT2D eigenvalue weighted by Crippen LogP contribution is 2.35. The lowest BCUT2D eigenvalue weighted by atomic mass is 9.99. The van der Waals surface area contributed by atoms with Gasteiger partial charge < -0.3 is 14.4 Å². The van der Waals surface area contributed by atoms with Crippen LogP contribution in [0.25, 0.3) is 0 Å². The molecule has 0 amide bonds. The number of hydrogen-bond acceptors (Lipinski definition) is 6. The van der Waals surface area contributed by atoms with Crippen LogP contribution in [0.1, 0.15) is 6.92 Å². The monoisotopic (exact) mass is 294 g/mol. The molecule has 21 heavy (non-hydrogen) atoms. The van der Waals surface area contributed by atoms with Crippen LogP contribution in [0.4, 0.5) is 11.4 Å². The van der Waals surface area contributed by atoms with Crippen molar-refractivity contribution in [1.29, 1.82) is 0 Å². The first-order valence-corrected chi connectivity index (χ1v) is 6.63. The number of anilines is 1. The van der Waals surface area contributed by atoms with Crippen LogP contribution in [0, 0.1) is 22.0 Å². The van der Waals surface area contributed by atoms with Crippen molar-refractivity contribution in [3.8, 4) is 5.75 Å². The SMILES string of the molecule is COC(=O)[C@@H]1CN(c2ccc([N+](=O)[O-])c(OC)c2)C[C@H]1C. The number of carbonyl (C=O) groups excluding carboxylic acids is 1. The summed E-state index contributed by atoms with van der Waals surface area (Å²) in [5, 5.41) is 10.9. The standard InChI is InChI=1S/C14H18N2O5/c1-9-7-15(8-11(9)14(17)21-3)10-4-5-12(16(18)19)13(6-10)20-2/h4-6,9,11H,7-8H2,1-3H3/t9-,11-/m1/s1. The van der Waals surface area contributed by atoms with E-state index in [4.69, 9.17) is 9.47 Å². The van der Waals surface area contributed by atoms with Gasteiger partial charge in [0.05, 0.1) is 25.1 Å². The molecular formula is C14H18N2O5. The number of methoxy groups -OCH3 is 2. The molecule has 2 rings (SSSR count). The summed E-state index contributed by atoms with van der Waals surface area (Å²) >= 11 is 0. The van der Waals surface area contributed by atoms with E-state index in [9.17, 15) is 14.9 Å². The maximum Gasteiger partial charge on any atom is 0.311 e. The number of ether oxygens (including phenoxy) is 2. The van der Waals surface area contributed by atoms with Crippen LogP contribution in [0.3, 0.4) is 0 Å². The van der Waals surface area contributed by atoms with E-state index >= 15 is 0 Å². The lowest BCUT2D eigenvalue weighted by Gasteiger charge is -2.19. The van der Waals surface area contributed by atoms with E-state index in [0.717, 1.165) is 5.69 Å². The maximum absolute atomic E-state index is 11.7. The van der Waals surface area contributed by atoms with Gasteiger partial charge in [0, 0.05) is 30.9 Å². The number of esters is 1. The van der Waals surface area contributed by atoms with Crippen molar-refractivity contribution in [2.75, 3.05) is 32.2 Å². The predicted octanol–water partition coefficient (Wildman–Crippen LogP) is 1.85. The highest BCUT2D eigenvalue weighted by atomic mass is 16.6. The second kappa shape index (κ2) is 5.99. The fourth-order valence-electron chi connectivity index (χ4n) is 2.65. The van der Waals surface area contributed by atoms with Crippen molar-refractivity contribution < 1.29 is 19.2 Å². The Kier molecular flexibility index (Phi) is 4.30. The van der Waals surface area contributed by atoms with Crippen LogP contribution in [-0.2, 0) is 9.53 Å². The minimum Gasteiger partial charge on any atom is -0.490 e. The van der Waals surface area contributed by atoms with Gasteiger partial charge in [-0.3, -0.25) is 14.9 Å². The first-order chi connectivity index (χ1) is 9.97. The first kappa shape index (κ1) is 15.1. The average Bonchev–Trinajstić information content (AvgIpc) is 2.87. The number of carbonyl (C=O) groups is 1. The molecule has 1 aliphatic rings. The number of nitro groups is 1. The third-order valence-electron chi connectivity index (χ3n) is 3.84. The van der Waals surface area contributed by atoms with Crippen LogP contribution in [0.2, 0.25) is 0 Å². The zero-order valence-electron chi connectivity index (χ0n) is 12.2. The third-order valence-corrected chi connectivity index (χ3v) is 3.84. The molecule has 0 aromatic heterocycles. The van der Waals surface area contributed by atoms with Gasteiger partial charge in [0.1, 0.15) is 0 Å². The van der Waals surface area contributed by atoms with Gasteiger partial charge in [-0.05, 0) is 12.0 Å². The Bertz CT molecular complexity index is 560. The zero-order valence-corrected chi connectivity index (χ0v) is 12.2. The second-order valence-corrected chi connectivity index (χ2v) is 5.13. The van der Waals surface area contributed by atoms with Crippen molar-refractivity contribution in [3.05, 3.63) is 28.3 Å². The van der Waals surface area contributed by atoms with Crippen LogP contribution >= 0.6 is 0 Å². The largest absolute Gasteiger partial charge is 0.490 e. The third kappa shape index (κ3) is 2.91. The summed E-state index contributed by atoms with van der Waals surface area (Å²) in [6, 6.07) is 4.72. The van der Waals surface area contributed by atoms with E-state index in [1.807, 2.05) is 11.8 Å². The van der Waals surface area contributed by atoms with Crippen molar-refractivity contribution >= 4 is 17.3 Å². The lowest BCUT2D eigenvalue weighted by Crippen LogP contribution is -2.24. The molecule has 1 aliphatic heterocycles. The van der Waals surface area contributed by atoms with E-state index in [-0.39, 0.29) is 29.2 Å². The van der Waals surface area contributed by atoms with E-state index in [0.29, 0.717) is 13.1 Å². The second-order valence-electron chi connectivity index (χ2n) is 5.13. The lowest BCUT2D eigenvalue weighted by molar-refractivity contribution is -0.385. The summed E-state index contributed by atoms with van der Waals surface area (Å²) in [7, 11) is 2.78. The van der Waals surface area contributed by atoms with Crippen LogP contribution in [0.5, 0.6) is 5.75 Å². The van der Waals surface area contributed by atoms with Crippen molar-refractivity contribution in [2.24, 2.45) is 11.8 Å². The number of hydrogen-bond donors (Lipinski definition) is 0.